The van der Waals surface area contributed by atoms with Crippen molar-refractivity contribution in [2.75, 3.05) is 4.90 Å². The van der Waals surface area contributed by atoms with Gasteiger partial charge in [-0.2, -0.15) is 0 Å². The molecule has 0 unspecified atom stereocenters. The molecule has 3 heteroatoms. The van der Waals surface area contributed by atoms with Crippen LogP contribution in [0.1, 0.15) is 23.6 Å². The van der Waals surface area contributed by atoms with E-state index < -0.39 is 0 Å². The molecule has 28 heavy (non-hydrogen) atoms. The Morgan fingerprint density at radius 2 is 1.46 bits per heavy atom. The number of amidine groups is 2. The fourth-order valence-electron chi connectivity index (χ4n) is 4.46. The SMILES string of the molecule is CCc1ccc(-c2ccccc2N2C(=N)C=CC2=N)c2c1-c1ccccc1C2. The fraction of sp³-hybridized carbons (Fsp3) is 0.120. The molecule has 0 amide bonds. The van der Waals surface area contributed by atoms with Crippen LogP contribution >= 0.6 is 0 Å². The summed E-state index contributed by atoms with van der Waals surface area (Å²) >= 11 is 0. The van der Waals surface area contributed by atoms with Gasteiger partial charge in [0.2, 0.25) is 0 Å². The number of benzene rings is 3. The number of aryl methyl sites for hydroxylation is 1. The van der Waals surface area contributed by atoms with Gasteiger partial charge in [-0.25, -0.2) is 0 Å². The number of hydrogen-bond donors (Lipinski definition) is 2. The van der Waals surface area contributed by atoms with Gasteiger partial charge in [-0.15, -0.1) is 0 Å². The van der Waals surface area contributed by atoms with E-state index in [2.05, 4.69) is 49.4 Å². The van der Waals surface area contributed by atoms with Gasteiger partial charge in [0.1, 0.15) is 11.7 Å². The minimum absolute atomic E-state index is 0.336. The number of hydrogen-bond acceptors (Lipinski definition) is 2. The summed E-state index contributed by atoms with van der Waals surface area (Å²) in [4.78, 5) is 1.71. The van der Waals surface area contributed by atoms with Gasteiger partial charge in [-0.3, -0.25) is 15.7 Å². The van der Waals surface area contributed by atoms with Gasteiger partial charge in [-0.1, -0.05) is 61.5 Å². The largest absolute Gasteiger partial charge is 0.284 e. The number of rotatable bonds is 3. The van der Waals surface area contributed by atoms with Gasteiger partial charge in [0.05, 0.1) is 5.69 Å². The first kappa shape index (κ1) is 16.7. The van der Waals surface area contributed by atoms with Crippen LogP contribution in [0.15, 0.2) is 72.8 Å². The van der Waals surface area contributed by atoms with E-state index in [1.54, 1.807) is 17.1 Å². The molecule has 0 spiro atoms. The topological polar surface area (TPSA) is 50.9 Å². The predicted molar refractivity (Wildman–Crippen MR) is 117 cm³/mol. The Labute approximate surface area is 165 Å². The zero-order valence-electron chi connectivity index (χ0n) is 15.8. The number of para-hydroxylation sites is 1. The van der Waals surface area contributed by atoms with E-state index in [1.807, 2.05) is 18.2 Å². The molecule has 0 bridgehead atoms. The Balaban J connectivity index is 1.74. The Hall–Kier alpha value is -3.46. The van der Waals surface area contributed by atoms with E-state index in [-0.39, 0.29) is 0 Å². The lowest BCUT2D eigenvalue weighted by Gasteiger charge is -2.23. The smallest absolute Gasteiger partial charge is 0.131 e. The Bertz CT molecular complexity index is 1150. The van der Waals surface area contributed by atoms with Crippen molar-refractivity contribution in [2.45, 2.75) is 19.8 Å². The van der Waals surface area contributed by atoms with Crippen molar-refractivity contribution in [3.63, 3.8) is 0 Å². The quantitative estimate of drug-likeness (QED) is 0.473. The summed E-state index contributed by atoms with van der Waals surface area (Å²) in [5.41, 5.74) is 10.00. The van der Waals surface area contributed by atoms with Gasteiger partial charge in [0.25, 0.3) is 0 Å². The van der Waals surface area contributed by atoms with Gasteiger partial charge < -0.3 is 0 Å². The normalized spacial score (nSPS) is 14.5. The molecule has 1 heterocycles. The standard InChI is InChI=1S/C25H21N3/c1-2-16-11-12-19(21-15-17-7-3-4-8-18(17)25(16)21)20-9-5-6-10-22(20)28-23(26)13-14-24(28)27/h3-14,26-27H,2,15H2,1H3. The number of anilines is 1. The van der Waals surface area contributed by atoms with E-state index in [1.165, 1.54) is 33.4 Å². The average Bonchev–Trinajstić information content (AvgIpc) is 3.27. The van der Waals surface area contributed by atoms with Crippen LogP contribution in [0.2, 0.25) is 0 Å². The third-order valence-electron chi connectivity index (χ3n) is 5.75. The first-order valence-corrected chi connectivity index (χ1v) is 9.66. The zero-order chi connectivity index (χ0) is 19.3. The summed E-state index contributed by atoms with van der Waals surface area (Å²) in [7, 11) is 0. The third kappa shape index (κ3) is 2.36. The van der Waals surface area contributed by atoms with E-state index in [0.717, 1.165) is 24.1 Å². The maximum absolute atomic E-state index is 8.25. The molecule has 0 saturated heterocycles. The molecule has 1 aliphatic carbocycles. The van der Waals surface area contributed by atoms with Gasteiger partial charge >= 0.3 is 0 Å². The maximum atomic E-state index is 8.25. The Kier molecular flexibility index (Phi) is 3.76. The highest BCUT2D eigenvalue weighted by Crippen LogP contribution is 2.45. The Morgan fingerprint density at radius 1 is 0.786 bits per heavy atom. The van der Waals surface area contributed by atoms with Gasteiger partial charge in [0, 0.05) is 5.56 Å². The molecule has 3 aromatic rings. The Morgan fingerprint density at radius 3 is 2.21 bits per heavy atom. The lowest BCUT2D eigenvalue weighted by atomic mass is 9.90. The molecular weight excluding hydrogens is 342 g/mol. The molecular formula is C25H21N3. The molecule has 0 aromatic heterocycles. The molecule has 2 aliphatic rings. The van der Waals surface area contributed by atoms with Crippen LogP contribution in [-0.4, -0.2) is 11.7 Å². The molecule has 5 rings (SSSR count). The van der Waals surface area contributed by atoms with Crippen molar-refractivity contribution in [3.05, 3.63) is 89.5 Å². The minimum atomic E-state index is 0.336. The molecule has 2 N–H and O–H groups in total. The van der Waals surface area contributed by atoms with E-state index in [0.29, 0.717) is 11.7 Å². The highest BCUT2D eigenvalue weighted by atomic mass is 15.2. The van der Waals surface area contributed by atoms with E-state index in [4.69, 9.17) is 10.8 Å². The van der Waals surface area contributed by atoms with Crippen LogP contribution in [0, 0.1) is 10.8 Å². The van der Waals surface area contributed by atoms with Crippen LogP contribution in [0.4, 0.5) is 5.69 Å². The second-order valence-corrected chi connectivity index (χ2v) is 7.27. The first-order chi connectivity index (χ1) is 13.7. The van der Waals surface area contributed by atoms with Crippen molar-refractivity contribution in [1.29, 1.82) is 10.8 Å². The maximum Gasteiger partial charge on any atom is 0.131 e. The molecule has 3 aromatic carbocycles. The highest BCUT2D eigenvalue weighted by molar-refractivity contribution is 6.31. The summed E-state index contributed by atoms with van der Waals surface area (Å²) < 4.78 is 0. The molecule has 0 fully saturated rings. The molecule has 0 atom stereocenters. The molecule has 136 valence electrons. The second-order valence-electron chi connectivity index (χ2n) is 7.27. The fourth-order valence-corrected chi connectivity index (χ4v) is 4.46. The van der Waals surface area contributed by atoms with Crippen molar-refractivity contribution in [1.82, 2.24) is 0 Å². The summed E-state index contributed by atoms with van der Waals surface area (Å²) in [5.74, 6) is 0.671. The van der Waals surface area contributed by atoms with Crippen LogP contribution in [-0.2, 0) is 12.8 Å². The highest BCUT2D eigenvalue weighted by Gasteiger charge is 2.27. The zero-order valence-corrected chi connectivity index (χ0v) is 15.8. The minimum Gasteiger partial charge on any atom is -0.284 e. The summed E-state index contributed by atoms with van der Waals surface area (Å²) in [5, 5.41) is 16.5. The first-order valence-electron chi connectivity index (χ1n) is 9.66. The molecule has 1 aliphatic heterocycles. The van der Waals surface area contributed by atoms with Crippen LogP contribution < -0.4 is 4.90 Å². The van der Waals surface area contributed by atoms with Gasteiger partial charge in [0.15, 0.2) is 0 Å². The van der Waals surface area contributed by atoms with E-state index in [9.17, 15) is 0 Å². The molecule has 0 saturated carbocycles. The van der Waals surface area contributed by atoms with Crippen molar-refractivity contribution in [2.24, 2.45) is 0 Å². The number of fused-ring (bicyclic) bond motifs is 3. The van der Waals surface area contributed by atoms with Crippen LogP contribution in [0.3, 0.4) is 0 Å². The van der Waals surface area contributed by atoms with Crippen LogP contribution in [0.5, 0.6) is 0 Å². The second kappa shape index (κ2) is 6.31. The van der Waals surface area contributed by atoms with Crippen LogP contribution in [0.25, 0.3) is 22.3 Å². The van der Waals surface area contributed by atoms with Gasteiger partial charge in [-0.05, 0) is 64.4 Å². The summed E-state index contributed by atoms with van der Waals surface area (Å²) in [6, 6.07) is 21.3. The predicted octanol–water partition coefficient (Wildman–Crippen LogP) is 5.82. The average molecular weight is 363 g/mol. The van der Waals surface area contributed by atoms with Crippen molar-refractivity contribution < 1.29 is 0 Å². The lowest BCUT2D eigenvalue weighted by molar-refractivity contribution is 1.14. The van der Waals surface area contributed by atoms with Crippen molar-refractivity contribution in [3.8, 4) is 22.3 Å². The number of nitrogens with zero attached hydrogens (tertiary/aromatic N) is 1. The monoisotopic (exact) mass is 363 g/mol. The number of nitrogens with one attached hydrogen (secondary N) is 2. The lowest BCUT2D eigenvalue weighted by Crippen LogP contribution is -2.29. The van der Waals surface area contributed by atoms with Crippen molar-refractivity contribution >= 4 is 17.4 Å². The third-order valence-corrected chi connectivity index (χ3v) is 5.75. The molecule has 3 nitrogen and oxygen atoms in total. The summed E-state index contributed by atoms with van der Waals surface area (Å²) in [6.07, 6.45) is 5.29. The molecule has 0 radical (unpaired) electrons. The summed E-state index contributed by atoms with van der Waals surface area (Å²) in [6.45, 7) is 2.21. The van der Waals surface area contributed by atoms with E-state index >= 15 is 0 Å².